The van der Waals surface area contributed by atoms with Gasteiger partial charge in [-0.2, -0.15) is 5.10 Å². The van der Waals surface area contributed by atoms with Gasteiger partial charge in [0.15, 0.2) is 5.96 Å². The Balaban J connectivity index is 1.83. The van der Waals surface area contributed by atoms with Gasteiger partial charge < -0.3 is 10.2 Å². The van der Waals surface area contributed by atoms with Gasteiger partial charge in [0.1, 0.15) is 0 Å². The summed E-state index contributed by atoms with van der Waals surface area (Å²) in [6, 6.07) is 8.33. The van der Waals surface area contributed by atoms with Crippen LogP contribution in [0.25, 0.3) is 0 Å². The number of nitrogens with zero attached hydrogens (tertiary/aromatic N) is 4. The smallest absolute Gasteiger partial charge is 0.193 e. The average molecular weight is 364 g/mol. The van der Waals surface area contributed by atoms with Crippen LogP contribution in [0.2, 0.25) is 0 Å². The monoisotopic (exact) mass is 363 g/mol. The van der Waals surface area contributed by atoms with Gasteiger partial charge in [0, 0.05) is 37.9 Å². The zero-order valence-electron chi connectivity index (χ0n) is 13.3. The molecule has 6 heteroatoms. The molecule has 0 amide bonds. The van der Waals surface area contributed by atoms with E-state index < -0.39 is 0 Å². The topological polar surface area (TPSA) is 45.5 Å². The molecule has 0 saturated heterocycles. The Hall–Kier alpha value is -1.82. The van der Waals surface area contributed by atoms with Crippen molar-refractivity contribution in [2.75, 3.05) is 20.6 Å². The molecule has 0 aliphatic heterocycles. The van der Waals surface area contributed by atoms with E-state index in [1.807, 2.05) is 31.0 Å². The number of aryl methyl sites for hydroxylation is 1. The van der Waals surface area contributed by atoms with Crippen molar-refractivity contribution in [1.29, 1.82) is 0 Å². The molecule has 22 heavy (non-hydrogen) atoms. The Morgan fingerprint density at radius 1 is 1.36 bits per heavy atom. The van der Waals surface area contributed by atoms with Crippen molar-refractivity contribution in [1.82, 2.24) is 20.0 Å². The van der Waals surface area contributed by atoms with E-state index in [2.05, 4.69) is 60.5 Å². The summed E-state index contributed by atoms with van der Waals surface area (Å²) in [5.74, 6) is 0.881. The highest BCUT2D eigenvalue weighted by atomic mass is 79.9. The lowest BCUT2D eigenvalue weighted by Gasteiger charge is -2.22. The van der Waals surface area contributed by atoms with Gasteiger partial charge in [0.2, 0.25) is 0 Å². The second kappa shape index (κ2) is 7.98. The third-order valence-electron chi connectivity index (χ3n) is 3.29. The van der Waals surface area contributed by atoms with E-state index in [1.54, 1.807) is 7.05 Å². The fourth-order valence-corrected chi connectivity index (χ4v) is 2.46. The number of guanidine groups is 1. The third kappa shape index (κ3) is 4.87. The Bertz CT molecular complexity index is 618. The Morgan fingerprint density at radius 2 is 2.09 bits per heavy atom. The predicted octanol–water partition coefficient (Wildman–Crippen LogP) is 2.66. The van der Waals surface area contributed by atoms with Gasteiger partial charge in [-0.15, -0.1) is 0 Å². The SMILES string of the molecule is CN=C(NCCn1cc(C)cn1)N(C)Cc1ccc(Br)cc1. The highest BCUT2D eigenvalue weighted by Gasteiger charge is 2.06. The van der Waals surface area contributed by atoms with Crippen LogP contribution >= 0.6 is 15.9 Å². The summed E-state index contributed by atoms with van der Waals surface area (Å²) in [6.45, 7) is 4.47. The number of nitrogens with one attached hydrogen (secondary N) is 1. The summed E-state index contributed by atoms with van der Waals surface area (Å²) >= 11 is 3.45. The highest BCUT2D eigenvalue weighted by Crippen LogP contribution is 2.11. The van der Waals surface area contributed by atoms with E-state index in [9.17, 15) is 0 Å². The standard InChI is InChI=1S/C16H22BrN5/c1-13-10-20-22(11-13)9-8-19-16(18-2)21(3)12-14-4-6-15(17)7-5-14/h4-7,10-11H,8-9,12H2,1-3H3,(H,18,19). The summed E-state index contributed by atoms with van der Waals surface area (Å²) in [7, 11) is 3.84. The maximum Gasteiger partial charge on any atom is 0.193 e. The quantitative estimate of drug-likeness (QED) is 0.656. The number of hydrogen-bond acceptors (Lipinski definition) is 2. The predicted molar refractivity (Wildman–Crippen MR) is 93.9 cm³/mol. The second-order valence-corrected chi connectivity index (χ2v) is 6.15. The van der Waals surface area contributed by atoms with Gasteiger partial charge >= 0.3 is 0 Å². The first-order valence-electron chi connectivity index (χ1n) is 7.24. The maximum atomic E-state index is 4.33. The van der Waals surface area contributed by atoms with Crippen LogP contribution in [0.4, 0.5) is 0 Å². The summed E-state index contributed by atoms with van der Waals surface area (Å²) in [4.78, 5) is 6.44. The maximum absolute atomic E-state index is 4.33. The number of aliphatic imine (C=N–C) groups is 1. The number of hydrogen-bond donors (Lipinski definition) is 1. The first-order valence-corrected chi connectivity index (χ1v) is 8.03. The van der Waals surface area contributed by atoms with E-state index in [-0.39, 0.29) is 0 Å². The van der Waals surface area contributed by atoms with Crippen molar-refractivity contribution in [3.05, 3.63) is 52.3 Å². The number of rotatable bonds is 5. The number of aromatic nitrogens is 2. The minimum absolute atomic E-state index is 0.790. The molecule has 0 aliphatic carbocycles. The van der Waals surface area contributed by atoms with Gasteiger partial charge in [-0.3, -0.25) is 9.67 Å². The van der Waals surface area contributed by atoms with Crippen LogP contribution in [0.15, 0.2) is 46.1 Å². The van der Waals surface area contributed by atoms with E-state index in [4.69, 9.17) is 0 Å². The van der Waals surface area contributed by atoms with Crippen molar-refractivity contribution in [2.45, 2.75) is 20.0 Å². The third-order valence-corrected chi connectivity index (χ3v) is 3.82. The number of halogens is 1. The Morgan fingerprint density at radius 3 is 2.68 bits per heavy atom. The molecule has 0 bridgehead atoms. The largest absolute Gasteiger partial charge is 0.354 e. The number of benzene rings is 1. The molecule has 1 aromatic carbocycles. The van der Waals surface area contributed by atoms with Crippen LogP contribution in [0.5, 0.6) is 0 Å². The first kappa shape index (κ1) is 16.5. The molecule has 2 aromatic rings. The van der Waals surface area contributed by atoms with Crippen molar-refractivity contribution in [3.8, 4) is 0 Å². The minimum Gasteiger partial charge on any atom is -0.354 e. The van der Waals surface area contributed by atoms with E-state index >= 15 is 0 Å². The minimum atomic E-state index is 0.790. The van der Waals surface area contributed by atoms with Crippen molar-refractivity contribution in [3.63, 3.8) is 0 Å². The average Bonchev–Trinajstić information content (AvgIpc) is 2.91. The summed E-state index contributed by atoms with van der Waals surface area (Å²) < 4.78 is 3.03. The van der Waals surface area contributed by atoms with Crippen molar-refractivity contribution < 1.29 is 0 Å². The Kier molecular flexibility index (Phi) is 6.00. The van der Waals surface area contributed by atoms with Gasteiger partial charge in [-0.25, -0.2) is 0 Å². The van der Waals surface area contributed by atoms with E-state index in [0.717, 1.165) is 30.1 Å². The van der Waals surface area contributed by atoms with E-state index in [0.29, 0.717) is 0 Å². The summed E-state index contributed by atoms with van der Waals surface area (Å²) in [5.41, 5.74) is 2.42. The van der Waals surface area contributed by atoms with Crippen molar-refractivity contribution >= 4 is 21.9 Å². The van der Waals surface area contributed by atoms with Gasteiger partial charge in [0.05, 0.1) is 12.7 Å². The van der Waals surface area contributed by atoms with Gasteiger partial charge in [-0.05, 0) is 30.2 Å². The molecule has 0 spiro atoms. The second-order valence-electron chi connectivity index (χ2n) is 5.24. The van der Waals surface area contributed by atoms with Crippen LogP contribution < -0.4 is 5.32 Å². The lowest BCUT2D eigenvalue weighted by molar-refractivity contribution is 0.470. The molecular formula is C16H22BrN5. The van der Waals surface area contributed by atoms with Crippen LogP contribution in [-0.4, -0.2) is 41.3 Å². The molecule has 1 aromatic heterocycles. The van der Waals surface area contributed by atoms with Crippen LogP contribution in [-0.2, 0) is 13.1 Å². The lowest BCUT2D eigenvalue weighted by atomic mass is 10.2. The normalized spacial score (nSPS) is 11.5. The van der Waals surface area contributed by atoms with Gasteiger partial charge in [-0.1, -0.05) is 28.1 Å². The molecular weight excluding hydrogens is 342 g/mol. The highest BCUT2D eigenvalue weighted by molar-refractivity contribution is 9.10. The van der Waals surface area contributed by atoms with E-state index in [1.165, 1.54) is 11.1 Å². The molecule has 1 N–H and O–H groups in total. The molecule has 0 saturated carbocycles. The van der Waals surface area contributed by atoms with Crippen molar-refractivity contribution in [2.24, 2.45) is 4.99 Å². The molecule has 0 radical (unpaired) electrons. The van der Waals surface area contributed by atoms with Gasteiger partial charge in [0.25, 0.3) is 0 Å². The molecule has 1 heterocycles. The molecule has 0 aliphatic rings. The van der Waals surface area contributed by atoms with Crippen LogP contribution in [0, 0.1) is 6.92 Å². The Labute approximate surface area is 140 Å². The molecule has 0 atom stereocenters. The molecule has 0 fully saturated rings. The zero-order chi connectivity index (χ0) is 15.9. The first-order chi connectivity index (χ1) is 10.6. The fourth-order valence-electron chi connectivity index (χ4n) is 2.19. The zero-order valence-corrected chi connectivity index (χ0v) is 14.8. The molecule has 0 unspecified atom stereocenters. The van der Waals surface area contributed by atoms with Crippen LogP contribution in [0.1, 0.15) is 11.1 Å². The summed E-state index contributed by atoms with van der Waals surface area (Å²) in [6.07, 6.45) is 3.91. The van der Waals surface area contributed by atoms with Crippen LogP contribution in [0.3, 0.4) is 0 Å². The molecule has 5 nitrogen and oxygen atoms in total. The molecule has 2 rings (SSSR count). The molecule has 118 valence electrons. The lowest BCUT2D eigenvalue weighted by Crippen LogP contribution is -2.39. The fraction of sp³-hybridized carbons (Fsp3) is 0.375. The summed E-state index contributed by atoms with van der Waals surface area (Å²) in [5, 5.41) is 7.64.